The van der Waals surface area contributed by atoms with Crippen molar-refractivity contribution in [1.82, 2.24) is 0 Å². The first-order valence-electron chi connectivity index (χ1n) is 20.8. The summed E-state index contributed by atoms with van der Waals surface area (Å²) in [6.45, 7) is 6.71. The zero-order valence-electron chi connectivity index (χ0n) is 36.8. The third kappa shape index (κ3) is 8.57. The van der Waals surface area contributed by atoms with E-state index in [-0.39, 0.29) is 58.9 Å². The molecular formula is C48H50O16. The molecule has 16 nitrogen and oxygen atoms in total. The van der Waals surface area contributed by atoms with Gasteiger partial charge in [0.2, 0.25) is 0 Å². The number of hydrogen-bond donors (Lipinski definition) is 0. The van der Waals surface area contributed by atoms with Crippen molar-refractivity contribution in [3.8, 4) is 57.1 Å². The molecule has 8 atom stereocenters. The van der Waals surface area contributed by atoms with Gasteiger partial charge in [0.15, 0.2) is 46.0 Å². The first-order chi connectivity index (χ1) is 30.8. The monoisotopic (exact) mass is 882 g/mol. The molecule has 0 saturated carbocycles. The van der Waals surface area contributed by atoms with Gasteiger partial charge >= 0.3 is 23.9 Å². The Hall–Kier alpha value is -6.20. The minimum Gasteiger partial charge on any atom is -0.493 e. The lowest BCUT2D eigenvalue weighted by Gasteiger charge is -2.24. The Morgan fingerprint density at radius 3 is 0.984 bits per heavy atom. The van der Waals surface area contributed by atoms with E-state index in [0.29, 0.717) is 71.7 Å². The van der Waals surface area contributed by atoms with Crippen LogP contribution in [0.15, 0.2) is 60.7 Å². The molecule has 4 aliphatic rings. The Balaban J connectivity index is 1.16. The summed E-state index contributed by atoms with van der Waals surface area (Å²) < 4.78 is 71.3. The third-order valence-electron chi connectivity index (χ3n) is 12.1. The molecule has 0 aliphatic carbocycles. The van der Waals surface area contributed by atoms with E-state index in [1.807, 2.05) is 24.3 Å². The topological polar surface area (TPSA) is 179 Å². The van der Waals surface area contributed by atoms with Crippen LogP contribution in [0, 0.1) is 23.7 Å². The van der Waals surface area contributed by atoms with Crippen LogP contribution in [-0.4, -0.2) is 78.7 Å². The lowest BCUT2D eigenvalue weighted by molar-refractivity contribution is -0.133. The molecule has 0 N–H and O–H groups in total. The van der Waals surface area contributed by atoms with Gasteiger partial charge in [-0.2, -0.15) is 0 Å². The van der Waals surface area contributed by atoms with E-state index < -0.39 is 36.1 Å². The molecule has 4 aliphatic heterocycles. The number of carbonyl (C=O) groups is 4. The van der Waals surface area contributed by atoms with Crippen molar-refractivity contribution in [1.29, 1.82) is 0 Å². The fourth-order valence-corrected chi connectivity index (χ4v) is 9.45. The summed E-state index contributed by atoms with van der Waals surface area (Å²) in [6.07, 6.45) is -1.64. The average Bonchev–Trinajstić information content (AvgIpc) is 4.07. The van der Waals surface area contributed by atoms with Crippen molar-refractivity contribution in [3.05, 3.63) is 82.9 Å². The maximum absolute atomic E-state index is 12.8. The highest BCUT2D eigenvalue weighted by atomic mass is 16.6. The first-order valence-corrected chi connectivity index (χ1v) is 20.8. The molecule has 8 rings (SSSR count). The number of rotatable bonds is 13. The zero-order valence-corrected chi connectivity index (χ0v) is 36.8. The quantitative estimate of drug-likeness (QED) is 0.0968. The molecule has 0 spiro atoms. The van der Waals surface area contributed by atoms with Gasteiger partial charge in [-0.3, -0.25) is 19.2 Å². The molecule has 4 fully saturated rings. The maximum Gasteiger partial charge on any atom is 0.308 e. The van der Waals surface area contributed by atoms with Crippen LogP contribution in [0.4, 0.5) is 0 Å². The SMILES string of the molecule is COc1cc(C2OCC3C(c4cc(OC)c(OC(C)=O)c(-c5cc(C6OCC7C(c8ccc(OC(C)=O)c(OC)c8)OCC67)cc(OC)c5OC(C)=O)c4)OCC23)ccc1OC(C)=O. The first kappa shape index (κ1) is 44.4. The van der Waals surface area contributed by atoms with Crippen LogP contribution in [0.5, 0.6) is 46.0 Å². The standard InChI is InChI=1S/C48H50O16/c1-23(49)61-37-11-9-27(15-39(37)53-5)43-33-19-59-45(35(33)21-57-43)29-13-31(47(63-25(3)51)41(17-29)55-7)32-14-30(18-42(56-8)48(32)64-26(4)52)46-36-22-58-44(34(36)20-60-46)28-10-12-38(62-24(2)50)40(16-28)54-6/h9-18,33-36,43-46H,19-22H2,1-8H3. The highest BCUT2D eigenvalue weighted by Gasteiger charge is 2.50. The smallest absolute Gasteiger partial charge is 0.308 e. The Kier molecular flexibility index (Phi) is 12.8. The highest BCUT2D eigenvalue weighted by Crippen LogP contribution is 2.56. The molecule has 0 bridgehead atoms. The van der Waals surface area contributed by atoms with Gasteiger partial charge < -0.3 is 56.8 Å². The summed E-state index contributed by atoms with van der Waals surface area (Å²) in [5.74, 6) is -0.351. The van der Waals surface area contributed by atoms with E-state index in [2.05, 4.69) is 0 Å². The molecule has 338 valence electrons. The van der Waals surface area contributed by atoms with Gasteiger partial charge in [-0.05, 0) is 70.8 Å². The summed E-state index contributed by atoms with van der Waals surface area (Å²) in [5, 5.41) is 0. The number of esters is 4. The molecule has 4 aromatic carbocycles. The molecule has 4 aromatic rings. The van der Waals surface area contributed by atoms with Crippen LogP contribution in [-0.2, 0) is 38.1 Å². The number of ether oxygens (including phenoxy) is 12. The fraction of sp³-hybridized carbons (Fsp3) is 0.417. The predicted octanol–water partition coefficient (Wildman–Crippen LogP) is 7.24. The number of carbonyl (C=O) groups excluding carboxylic acids is 4. The molecule has 0 radical (unpaired) electrons. The lowest BCUT2D eigenvalue weighted by Crippen LogP contribution is -2.16. The Morgan fingerprint density at radius 2 is 0.688 bits per heavy atom. The minimum absolute atomic E-state index is 0.0604. The van der Waals surface area contributed by atoms with Gasteiger partial charge in [-0.1, -0.05) is 12.1 Å². The summed E-state index contributed by atoms with van der Waals surface area (Å²) in [7, 11) is 5.96. The molecular weight excluding hydrogens is 833 g/mol. The lowest BCUT2D eigenvalue weighted by atomic mass is 9.83. The summed E-state index contributed by atoms with van der Waals surface area (Å²) in [6, 6.07) is 17.9. The van der Waals surface area contributed by atoms with Gasteiger partial charge in [0, 0.05) is 62.5 Å². The second-order valence-electron chi connectivity index (χ2n) is 16.1. The molecule has 16 heteroatoms. The van der Waals surface area contributed by atoms with Gasteiger partial charge in [0.25, 0.3) is 0 Å². The molecule has 64 heavy (non-hydrogen) atoms. The number of benzene rings is 4. The van der Waals surface area contributed by atoms with Crippen molar-refractivity contribution in [3.63, 3.8) is 0 Å². The molecule has 0 aromatic heterocycles. The second-order valence-corrected chi connectivity index (χ2v) is 16.1. The molecule has 0 amide bonds. The normalized spacial score (nSPS) is 24.3. The second kappa shape index (κ2) is 18.5. The molecule has 4 saturated heterocycles. The fourth-order valence-electron chi connectivity index (χ4n) is 9.45. The van der Waals surface area contributed by atoms with Gasteiger partial charge in [-0.25, -0.2) is 0 Å². The van der Waals surface area contributed by atoms with E-state index >= 15 is 0 Å². The Labute approximate surface area is 369 Å². The van der Waals surface area contributed by atoms with Gasteiger partial charge in [0.1, 0.15) is 0 Å². The van der Waals surface area contributed by atoms with Crippen molar-refractivity contribution in [2.75, 3.05) is 54.9 Å². The van der Waals surface area contributed by atoms with Crippen LogP contribution in [0.1, 0.15) is 74.4 Å². The van der Waals surface area contributed by atoms with Gasteiger partial charge in [-0.15, -0.1) is 0 Å². The number of fused-ring (bicyclic) bond motifs is 2. The van der Waals surface area contributed by atoms with E-state index in [1.54, 1.807) is 36.4 Å². The van der Waals surface area contributed by atoms with Crippen molar-refractivity contribution in [2.24, 2.45) is 23.7 Å². The predicted molar refractivity (Wildman–Crippen MR) is 225 cm³/mol. The van der Waals surface area contributed by atoms with Crippen molar-refractivity contribution in [2.45, 2.75) is 52.1 Å². The Bertz CT molecular complexity index is 2290. The number of methoxy groups -OCH3 is 4. The molecule has 4 heterocycles. The zero-order chi connectivity index (χ0) is 45.4. The summed E-state index contributed by atoms with van der Waals surface area (Å²) in [4.78, 5) is 48.9. The van der Waals surface area contributed by atoms with Gasteiger partial charge in [0.05, 0.1) is 79.3 Å². The third-order valence-corrected chi connectivity index (χ3v) is 12.1. The minimum atomic E-state index is -0.600. The van der Waals surface area contributed by atoms with Crippen LogP contribution in [0.2, 0.25) is 0 Å². The van der Waals surface area contributed by atoms with E-state index in [9.17, 15) is 19.2 Å². The largest absolute Gasteiger partial charge is 0.493 e. The van der Waals surface area contributed by atoms with Crippen LogP contribution in [0.3, 0.4) is 0 Å². The van der Waals surface area contributed by atoms with E-state index in [4.69, 9.17) is 56.8 Å². The van der Waals surface area contributed by atoms with Crippen molar-refractivity contribution < 1.29 is 76.0 Å². The average molecular weight is 883 g/mol. The molecule has 8 unspecified atom stereocenters. The number of hydrogen-bond acceptors (Lipinski definition) is 16. The summed E-state index contributed by atoms with van der Waals surface area (Å²) >= 11 is 0. The van der Waals surface area contributed by atoms with Crippen LogP contribution in [0.25, 0.3) is 11.1 Å². The van der Waals surface area contributed by atoms with Crippen LogP contribution < -0.4 is 37.9 Å². The highest BCUT2D eigenvalue weighted by molar-refractivity contribution is 5.87. The maximum atomic E-state index is 12.8. The summed E-state index contributed by atoms with van der Waals surface area (Å²) in [5.41, 5.74) is 3.86. The van der Waals surface area contributed by atoms with Crippen LogP contribution >= 0.6 is 0 Å². The Morgan fingerprint density at radius 1 is 0.391 bits per heavy atom. The van der Waals surface area contributed by atoms with E-state index in [0.717, 1.165) is 11.1 Å². The van der Waals surface area contributed by atoms with Crippen molar-refractivity contribution >= 4 is 23.9 Å². The van der Waals surface area contributed by atoms with E-state index in [1.165, 1.54) is 56.1 Å².